The number of amides is 1. The number of halogens is 2. The van der Waals surface area contributed by atoms with Crippen molar-refractivity contribution in [1.29, 1.82) is 0 Å². The van der Waals surface area contributed by atoms with Crippen molar-refractivity contribution in [2.45, 2.75) is 45.4 Å². The summed E-state index contributed by atoms with van der Waals surface area (Å²) in [6.07, 6.45) is 2.11. The molecule has 0 saturated carbocycles. The standard InChI is InChI=1S/C23H28F2N2O3/c1-2-26-13-5-7-19(26)16-27(15-17-9-11-20(28)12-10-17)22(29)14-18-6-3-4-8-21(18)30-23(24)25/h3-4,6,8-12,19,23,28H,2,5,7,13-16H2,1H3/t19-/m1/s1. The van der Waals surface area contributed by atoms with Crippen molar-refractivity contribution in [3.63, 3.8) is 0 Å². The van der Waals surface area contributed by atoms with E-state index in [9.17, 15) is 18.7 Å². The highest BCUT2D eigenvalue weighted by Crippen LogP contribution is 2.24. The van der Waals surface area contributed by atoms with Crippen molar-refractivity contribution in [3.05, 3.63) is 59.7 Å². The van der Waals surface area contributed by atoms with Crippen LogP contribution in [0.15, 0.2) is 48.5 Å². The molecule has 0 aliphatic carbocycles. The summed E-state index contributed by atoms with van der Waals surface area (Å²) in [5.74, 6) is 0.0560. The molecule has 162 valence electrons. The zero-order valence-electron chi connectivity index (χ0n) is 17.1. The maximum Gasteiger partial charge on any atom is 0.387 e. The van der Waals surface area contributed by atoms with Gasteiger partial charge in [0, 0.05) is 24.7 Å². The minimum absolute atomic E-state index is 0.0141. The molecule has 5 nitrogen and oxygen atoms in total. The van der Waals surface area contributed by atoms with Gasteiger partial charge >= 0.3 is 6.61 Å². The third kappa shape index (κ3) is 5.92. The van der Waals surface area contributed by atoms with E-state index in [4.69, 9.17) is 0 Å². The van der Waals surface area contributed by atoms with E-state index >= 15 is 0 Å². The van der Waals surface area contributed by atoms with Gasteiger partial charge in [0.1, 0.15) is 11.5 Å². The van der Waals surface area contributed by atoms with Crippen LogP contribution in [0.3, 0.4) is 0 Å². The molecule has 1 amide bonds. The summed E-state index contributed by atoms with van der Waals surface area (Å²) in [5, 5.41) is 9.53. The van der Waals surface area contributed by atoms with Gasteiger partial charge in [0.25, 0.3) is 0 Å². The van der Waals surface area contributed by atoms with Crippen LogP contribution >= 0.6 is 0 Å². The van der Waals surface area contributed by atoms with E-state index in [1.165, 1.54) is 6.07 Å². The highest BCUT2D eigenvalue weighted by Gasteiger charge is 2.27. The zero-order valence-corrected chi connectivity index (χ0v) is 17.1. The number of benzene rings is 2. The number of carbonyl (C=O) groups is 1. The number of phenolic OH excluding ortho intramolecular Hbond substituents is 1. The molecule has 0 unspecified atom stereocenters. The fourth-order valence-corrected chi connectivity index (χ4v) is 3.98. The molecule has 1 aliphatic heterocycles. The molecule has 1 saturated heterocycles. The third-order valence-corrected chi connectivity index (χ3v) is 5.53. The molecule has 7 heteroatoms. The maximum atomic E-state index is 13.2. The highest BCUT2D eigenvalue weighted by atomic mass is 19.3. The Kier molecular flexibility index (Phi) is 7.63. The molecule has 1 atom stereocenters. The predicted octanol–water partition coefficient (Wildman–Crippen LogP) is 4.05. The summed E-state index contributed by atoms with van der Waals surface area (Å²) in [6.45, 7) is 2.09. The first-order valence-corrected chi connectivity index (χ1v) is 10.3. The Bertz CT molecular complexity index is 829. The van der Waals surface area contributed by atoms with Crippen LogP contribution in [-0.4, -0.2) is 53.1 Å². The van der Waals surface area contributed by atoms with Crippen molar-refractivity contribution in [1.82, 2.24) is 9.80 Å². The maximum absolute atomic E-state index is 13.2. The topological polar surface area (TPSA) is 53.0 Å². The van der Waals surface area contributed by atoms with Crippen LogP contribution in [0, 0.1) is 0 Å². The van der Waals surface area contributed by atoms with Gasteiger partial charge < -0.3 is 14.7 Å². The fraction of sp³-hybridized carbons (Fsp3) is 0.435. The molecule has 0 bridgehead atoms. The Labute approximate surface area is 175 Å². The highest BCUT2D eigenvalue weighted by molar-refractivity contribution is 5.79. The van der Waals surface area contributed by atoms with E-state index in [0.717, 1.165) is 31.5 Å². The number of phenols is 1. The van der Waals surface area contributed by atoms with Crippen LogP contribution in [0.1, 0.15) is 30.9 Å². The number of hydrogen-bond acceptors (Lipinski definition) is 4. The predicted molar refractivity (Wildman–Crippen MR) is 111 cm³/mol. The molecule has 2 aromatic rings. The molecule has 0 aromatic heterocycles. The molecule has 3 rings (SSSR count). The second-order valence-corrected chi connectivity index (χ2v) is 7.53. The molecule has 30 heavy (non-hydrogen) atoms. The summed E-state index contributed by atoms with van der Waals surface area (Å²) in [5.41, 5.74) is 1.34. The molecule has 1 aliphatic rings. The number of aromatic hydroxyl groups is 1. The average molecular weight is 418 g/mol. The van der Waals surface area contributed by atoms with Crippen molar-refractivity contribution >= 4 is 5.91 Å². The Morgan fingerprint density at radius 3 is 2.67 bits per heavy atom. The lowest BCUT2D eigenvalue weighted by Crippen LogP contribution is -2.43. The van der Waals surface area contributed by atoms with Gasteiger partial charge in [-0.2, -0.15) is 8.78 Å². The number of nitrogens with zero attached hydrogens (tertiary/aromatic N) is 2. The largest absolute Gasteiger partial charge is 0.508 e. The van der Waals surface area contributed by atoms with Gasteiger partial charge in [-0.25, -0.2) is 0 Å². The molecule has 1 fully saturated rings. The van der Waals surface area contributed by atoms with Crippen LogP contribution in [0.25, 0.3) is 0 Å². The summed E-state index contributed by atoms with van der Waals surface area (Å²) in [6, 6.07) is 13.5. The summed E-state index contributed by atoms with van der Waals surface area (Å²) < 4.78 is 30.0. The summed E-state index contributed by atoms with van der Waals surface area (Å²) in [4.78, 5) is 17.4. The van der Waals surface area contributed by atoms with Gasteiger partial charge in [-0.05, 0) is 49.7 Å². The van der Waals surface area contributed by atoms with E-state index in [1.54, 1.807) is 47.4 Å². The number of ether oxygens (including phenoxy) is 1. The molecular weight excluding hydrogens is 390 g/mol. The molecule has 2 aromatic carbocycles. The zero-order chi connectivity index (χ0) is 21.5. The van der Waals surface area contributed by atoms with Gasteiger partial charge in [0.05, 0.1) is 6.42 Å². The first-order valence-electron chi connectivity index (χ1n) is 10.3. The number of likely N-dealkylation sites (N-methyl/N-ethyl adjacent to an activating group) is 1. The van der Waals surface area contributed by atoms with Gasteiger partial charge in [-0.3, -0.25) is 9.69 Å². The first-order chi connectivity index (χ1) is 14.5. The Hall–Kier alpha value is -2.67. The van der Waals surface area contributed by atoms with E-state index in [-0.39, 0.29) is 29.9 Å². The number of carbonyl (C=O) groups excluding carboxylic acids is 1. The third-order valence-electron chi connectivity index (χ3n) is 5.53. The lowest BCUT2D eigenvalue weighted by atomic mass is 10.1. The number of likely N-dealkylation sites (tertiary alicyclic amines) is 1. The lowest BCUT2D eigenvalue weighted by molar-refractivity contribution is -0.132. The second kappa shape index (κ2) is 10.4. The van der Waals surface area contributed by atoms with Gasteiger partial charge in [-0.1, -0.05) is 37.3 Å². The van der Waals surface area contributed by atoms with Crippen molar-refractivity contribution in [3.8, 4) is 11.5 Å². The Morgan fingerprint density at radius 2 is 1.97 bits per heavy atom. The normalized spacial score (nSPS) is 16.7. The number of para-hydroxylation sites is 1. The van der Waals surface area contributed by atoms with E-state index in [2.05, 4.69) is 16.6 Å². The molecule has 0 spiro atoms. The Balaban J connectivity index is 1.78. The Morgan fingerprint density at radius 1 is 1.23 bits per heavy atom. The summed E-state index contributed by atoms with van der Waals surface area (Å²) >= 11 is 0. The number of alkyl halides is 2. The minimum Gasteiger partial charge on any atom is -0.508 e. The van der Waals surface area contributed by atoms with Crippen LogP contribution in [-0.2, 0) is 17.8 Å². The minimum atomic E-state index is -2.94. The van der Waals surface area contributed by atoms with Gasteiger partial charge in [0.15, 0.2) is 0 Å². The SMILES string of the molecule is CCN1CCC[C@@H]1CN(Cc1ccc(O)cc1)C(=O)Cc1ccccc1OC(F)F. The summed E-state index contributed by atoms with van der Waals surface area (Å²) in [7, 11) is 0. The van der Waals surface area contributed by atoms with Crippen LogP contribution in [0.4, 0.5) is 8.78 Å². The van der Waals surface area contributed by atoms with E-state index in [0.29, 0.717) is 18.7 Å². The molecule has 1 heterocycles. The number of rotatable bonds is 9. The molecule has 0 radical (unpaired) electrons. The van der Waals surface area contributed by atoms with Crippen molar-refractivity contribution in [2.24, 2.45) is 0 Å². The van der Waals surface area contributed by atoms with Gasteiger partial charge in [-0.15, -0.1) is 0 Å². The van der Waals surface area contributed by atoms with E-state index < -0.39 is 6.61 Å². The quantitative estimate of drug-likeness (QED) is 0.668. The van der Waals surface area contributed by atoms with Crippen molar-refractivity contribution in [2.75, 3.05) is 19.6 Å². The monoisotopic (exact) mass is 418 g/mol. The van der Waals surface area contributed by atoms with Crippen LogP contribution in [0.2, 0.25) is 0 Å². The first kappa shape index (κ1) is 22.0. The van der Waals surface area contributed by atoms with Crippen molar-refractivity contribution < 1.29 is 23.4 Å². The average Bonchev–Trinajstić information content (AvgIpc) is 3.17. The molecular formula is C23H28F2N2O3. The smallest absolute Gasteiger partial charge is 0.387 e. The lowest BCUT2D eigenvalue weighted by Gasteiger charge is -2.31. The van der Waals surface area contributed by atoms with E-state index in [1.807, 2.05) is 0 Å². The molecule has 1 N–H and O–H groups in total. The van der Waals surface area contributed by atoms with Gasteiger partial charge in [0.2, 0.25) is 5.91 Å². The number of hydrogen-bond donors (Lipinski definition) is 1. The van der Waals surface area contributed by atoms with Crippen LogP contribution < -0.4 is 4.74 Å². The second-order valence-electron chi connectivity index (χ2n) is 7.53. The fourth-order valence-electron chi connectivity index (χ4n) is 3.98. The van der Waals surface area contributed by atoms with Crippen LogP contribution in [0.5, 0.6) is 11.5 Å².